The standard InChI is InChI=1S/C13H20F3N3/c1-4-19(9-13(14,15)16)12-6-5-11(8-18-12)7-17-10(2)3/h5-6,8,10,17H,4,7,9H2,1-3H3. The number of hydrogen-bond donors (Lipinski definition) is 1. The zero-order valence-electron chi connectivity index (χ0n) is 11.5. The van der Waals surface area contributed by atoms with Crippen molar-refractivity contribution in [1.82, 2.24) is 10.3 Å². The van der Waals surface area contributed by atoms with Crippen LogP contribution >= 0.6 is 0 Å². The van der Waals surface area contributed by atoms with Gasteiger partial charge in [0.15, 0.2) is 0 Å². The van der Waals surface area contributed by atoms with Crippen LogP contribution in [0.1, 0.15) is 26.3 Å². The van der Waals surface area contributed by atoms with Crippen molar-refractivity contribution in [2.75, 3.05) is 18.0 Å². The predicted molar refractivity (Wildman–Crippen MR) is 70.2 cm³/mol. The zero-order chi connectivity index (χ0) is 14.5. The van der Waals surface area contributed by atoms with Gasteiger partial charge in [-0.3, -0.25) is 0 Å². The highest BCUT2D eigenvalue weighted by Crippen LogP contribution is 2.20. The van der Waals surface area contributed by atoms with E-state index in [0.717, 1.165) is 5.56 Å². The second kappa shape index (κ2) is 6.75. The number of halogens is 3. The van der Waals surface area contributed by atoms with Crippen LogP contribution < -0.4 is 10.2 Å². The Morgan fingerprint density at radius 1 is 1.32 bits per heavy atom. The van der Waals surface area contributed by atoms with Crippen molar-refractivity contribution < 1.29 is 13.2 Å². The Bertz CT molecular complexity index is 374. The van der Waals surface area contributed by atoms with Gasteiger partial charge in [-0.05, 0) is 18.6 Å². The first-order valence-corrected chi connectivity index (χ1v) is 6.32. The van der Waals surface area contributed by atoms with Crippen molar-refractivity contribution in [2.45, 2.75) is 39.5 Å². The van der Waals surface area contributed by atoms with E-state index in [9.17, 15) is 13.2 Å². The Labute approximate surface area is 111 Å². The molecule has 0 aromatic carbocycles. The molecule has 108 valence electrons. The van der Waals surface area contributed by atoms with Crippen LogP contribution in [0.4, 0.5) is 19.0 Å². The fraction of sp³-hybridized carbons (Fsp3) is 0.615. The van der Waals surface area contributed by atoms with Crippen LogP contribution in [0.15, 0.2) is 18.3 Å². The molecule has 0 saturated heterocycles. The maximum atomic E-state index is 12.4. The minimum atomic E-state index is -4.21. The molecule has 0 radical (unpaired) electrons. The first kappa shape index (κ1) is 15.8. The second-order valence-corrected chi connectivity index (χ2v) is 4.69. The minimum absolute atomic E-state index is 0.274. The van der Waals surface area contributed by atoms with E-state index in [2.05, 4.69) is 10.3 Å². The van der Waals surface area contributed by atoms with Gasteiger partial charge in [-0.25, -0.2) is 4.98 Å². The van der Waals surface area contributed by atoms with Gasteiger partial charge in [-0.2, -0.15) is 13.2 Å². The van der Waals surface area contributed by atoms with E-state index in [-0.39, 0.29) is 6.54 Å². The Morgan fingerprint density at radius 3 is 2.42 bits per heavy atom. The Morgan fingerprint density at radius 2 is 2.00 bits per heavy atom. The molecule has 1 rings (SSSR count). The highest BCUT2D eigenvalue weighted by molar-refractivity contribution is 5.39. The van der Waals surface area contributed by atoms with Crippen molar-refractivity contribution in [3.63, 3.8) is 0 Å². The van der Waals surface area contributed by atoms with Gasteiger partial charge in [0.05, 0.1) is 0 Å². The molecule has 19 heavy (non-hydrogen) atoms. The molecule has 0 aliphatic heterocycles. The summed E-state index contributed by atoms with van der Waals surface area (Å²) in [7, 11) is 0. The predicted octanol–water partition coefficient (Wildman–Crippen LogP) is 2.97. The van der Waals surface area contributed by atoms with Crippen LogP contribution in [0.2, 0.25) is 0 Å². The smallest absolute Gasteiger partial charge is 0.348 e. The SMILES string of the molecule is CCN(CC(F)(F)F)c1ccc(CNC(C)C)cn1. The Hall–Kier alpha value is -1.30. The van der Waals surface area contributed by atoms with E-state index >= 15 is 0 Å². The lowest BCUT2D eigenvalue weighted by Gasteiger charge is -2.23. The maximum Gasteiger partial charge on any atom is 0.405 e. The summed E-state index contributed by atoms with van der Waals surface area (Å²) in [5.41, 5.74) is 0.959. The van der Waals surface area contributed by atoms with Gasteiger partial charge >= 0.3 is 6.18 Å². The largest absolute Gasteiger partial charge is 0.405 e. The van der Waals surface area contributed by atoms with E-state index in [1.165, 1.54) is 4.90 Å². The van der Waals surface area contributed by atoms with Crippen molar-refractivity contribution in [2.24, 2.45) is 0 Å². The lowest BCUT2D eigenvalue weighted by atomic mass is 10.2. The number of hydrogen-bond acceptors (Lipinski definition) is 3. The summed E-state index contributed by atoms with van der Waals surface area (Å²) in [6.45, 7) is 5.71. The first-order valence-electron chi connectivity index (χ1n) is 6.32. The van der Waals surface area contributed by atoms with Crippen molar-refractivity contribution in [3.05, 3.63) is 23.9 Å². The number of nitrogens with zero attached hydrogens (tertiary/aromatic N) is 2. The quantitative estimate of drug-likeness (QED) is 0.865. The number of aromatic nitrogens is 1. The van der Waals surface area contributed by atoms with E-state index in [4.69, 9.17) is 0 Å². The number of nitrogens with one attached hydrogen (secondary N) is 1. The molecule has 0 unspecified atom stereocenters. The summed E-state index contributed by atoms with van der Waals surface area (Å²) in [6, 6.07) is 3.79. The van der Waals surface area contributed by atoms with Crippen LogP contribution in [0, 0.1) is 0 Å². The average molecular weight is 275 g/mol. The normalized spacial score (nSPS) is 11.9. The molecule has 0 bridgehead atoms. The Balaban J connectivity index is 2.68. The van der Waals surface area contributed by atoms with Gasteiger partial charge in [0.2, 0.25) is 0 Å². The third kappa shape index (κ3) is 5.92. The first-order chi connectivity index (χ1) is 8.81. The summed E-state index contributed by atoms with van der Waals surface area (Å²) in [6.07, 6.45) is -2.60. The molecule has 0 saturated carbocycles. The molecule has 3 nitrogen and oxygen atoms in total. The third-order valence-electron chi connectivity index (χ3n) is 2.60. The van der Waals surface area contributed by atoms with Gasteiger partial charge in [0.25, 0.3) is 0 Å². The van der Waals surface area contributed by atoms with Crippen LogP contribution in [-0.4, -0.2) is 30.3 Å². The van der Waals surface area contributed by atoms with Crippen molar-refractivity contribution >= 4 is 5.82 Å². The topological polar surface area (TPSA) is 28.2 Å². The fourth-order valence-corrected chi connectivity index (χ4v) is 1.60. The molecule has 0 fully saturated rings. The van der Waals surface area contributed by atoms with E-state index in [1.807, 2.05) is 13.8 Å². The zero-order valence-corrected chi connectivity index (χ0v) is 11.5. The molecule has 0 aliphatic rings. The van der Waals surface area contributed by atoms with Gasteiger partial charge in [-0.1, -0.05) is 19.9 Å². The molecule has 0 aliphatic carbocycles. The molecular weight excluding hydrogens is 255 g/mol. The molecule has 1 aromatic heterocycles. The fourth-order valence-electron chi connectivity index (χ4n) is 1.60. The van der Waals surface area contributed by atoms with E-state index < -0.39 is 12.7 Å². The monoisotopic (exact) mass is 275 g/mol. The molecule has 6 heteroatoms. The highest BCUT2D eigenvalue weighted by Gasteiger charge is 2.30. The molecular formula is C13H20F3N3. The molecule has 0 atom stereocenters. The average Bonchev–Trinajstić information content (AvgIpc) is 2.33. The summed E-state index contributed by atoms with van der Waals surface area (Å²) in [5, 5.41) is 3.23. The summed E-state index contributed by atoms with van der Waals surface area (Å²) in [5.74, 6) is 0.355. The lowest BCUT2D eigenvalue weighted by molar-refractivity contribution is -0.119. The summed E-state index contributed by atoms with van der Waals surface area (Å²) < 4.78 is 37.2. The number of anilines is 1. The van der Waals surface area contributed by atoms with Gasteiger partial charge in [-0.15, -0.1) is 0 Å². The Kier molecular flexibility index (Phi) is 5.60. The van der Waals surface area contributed by atoms with E-state index in [0.29, 0.717) is 18.4 Å². The molecule has 1 N–H and O–H groups in total. The van der Waals surface area contributed by atoms with Gasteiger partial charge in [0, 0.05) is 25.3 Å². The molecule has 0 amide bonds. The third-order valence-corrected chi connectivity index (χ3v) is 2.60. The van der Waals surface area contributed by atoms with Crippen LogP contribution in [0.3, 0.4) is 0 Å². The van der Waals surface area contributed by atoms with Crippen LogP contribution in [0.5, 0.6) is 0 Å². The number of rotatable bonds is 6. The van der Waals surface area contributed by atoms with E-state index in [1.54, 1.807) is 25.3 Å². The lowest BCUT2D eigenvalue weighted by Crippen LogP contribution is -2.34. The molecule has 0 spiro atoms. The van der Waals surface area contributed by atoms with Gasteiger partial charge < -0.3 is 10.2 Å². The van der Waals surface area contributed by atoms with Crippen LogP contribution in [0.25, 0.3) is 0 Å². The highest BCUT2D eigenvalue weighted by atomic mass is 19.4. The van der Waals surface area contributed by atoms with Gasteiger partial charge in [0.1, 0.15) is 12.4 Å². The molecule has 1 heterocycles. The minimum Gasteiger partial charge on any atom is -0.348 e. The second-order valence-electron chi connectivity index (χ2n) is 4.69. The number of pyridine rings is 1. The molecule has 1 aromatic rings. The maximum absolute atomic E-state index is 12.4. The number of alkyl halides is 3. The van der Waals surface area contributed by atoms with Crippen LogP contribution in [-0.2, 0) is 6.54 Å². The summed E-state index contributed by atoms with van der Waals surface area (Å²) >= 11 is 0. The van der Waals surface area contributed by atoms with Crippen molar-refractivity contribution in [1.29, 1.82) is 0 Å². The van der Waals surface area contributed by atoms with Crippen molar-refractivity contribution in [3.8, 4) is 0 Å². The summed E-state index contributed by atoms with van der Waals surface area (Å²) in [4.78, 5) is 5.31.